The first kappa shape index (κ1) is 21.2. The van der Waals surface area contributed by atoms with Gasteiger partial charge in [0.05, 0.1) is 0 Å². The van der Waals surface area contributed by atoms with Crippen LogP contribution in [-0.4, -0.2) is 30.1 Å². The molecule has 1 aromatic carbocycles. The SMILES string of the molecule is CC(C)(C)NS(=O)(=O)c1ccn(Cc2ccccc2)c1C(=O)OC(C)(C)C. The number of esters is 1. The third-order valence-corrected chi connectivity index (χ3v) is 5.23. The molecule has 0 radical (unpaired) electrons. The first-order chi connectivity index (χ1) is 12.3. The van der Waals surface area contributed by atoms with Gasteiger partial charge in [-0.1, -0.05) is 30.3 Å². The molecule has 148 valence electrons. The van der Waals surface area contributed by atoms with Crippen molar-refractivity contribution in [3.63, 3.8) is 0 Å². The fourth-order valence-corrected chi connectivity index (χ4v) is 4.20. The van der Waals surface area contributed by atoms with E-state index in [2.05, 4.69) is 4.72 Å². The number of sulfonamides is 1. The number of ether oxygens (including phenoxy) is 1. The zero-order chi connectivity index (χ0) is 20.5. The van der Waals surface area contributed by atoms with Gasteiger partial charge in [0.15, 0.2) is 0 Å². The maximum absolute atomic E-state index is 12.9. The van der Waals surface area contributed by atoms with E-state index < -0.39 is 27.1 Å². The lowest BCUT2D eigenvalue weighted by molar-refractivity contribution is 0.00534. The van der Waals surface area contributed by atoms with Gasteiger partial charge < -0.3 is 9.30 Å². The topological polar surface area (TPSA) is 77.4 Å². The molecule has 7 heteroatoms. The van der Waals surface area contributed by atoms with Crippen LogP contribution in [0, 0.1) is 0 Å². The lowest BCUT2D eigenvalue weighted by Crippen LogP contribution is -2.41. The number of hydrogen-bond donors (Lipinski definition) is 1. The van der Waals surface area contributed by atoms with E-state index in [4.69, 9.17) is 4.74 Å². The van der Waals surface area contributed by atoms with Crippen LogP contribution in [0.2, 0.25) is 0 Å². The summed E-state index contributed by atoms with van der Waals surface area (Å²) in [4.78, 5) is 12.7. The average Bonchev–Trinajstić information content (AvgIpc) is 2.88. The number of benzene rings is 1. The Morgan fingerprint density at radius 3 is 2.15 bits per heavy atom. The fraction of sp³-hybridized carbons (Fsp3) is 0.450. The second kappa shape index (κ2) is 7.48. The molecule has 1 aromatic heterocycles. The van der Waals surface area contributed by atoms with Gasteiger partial charge in [-0.15, -0.1) is 0 Å². The van der Waals surface area contributed by atoms with E-state index in [1.165, 1.54) is 6.07 Å². The minimum Gasteiger partial charge on any atom is -0.455 e. The van der Waals surface area contributed by atoms with Crippen molar-refractivity contribution in [2.45, 2.75) is 64.1 Å². The van der Waals surface area contributed by atoms with Gasteiger partial charge in [0.25, 0.3) is 0 Å². The van der Waals surface area contributed by atoms with Gasteiger partial charge in [-0.05, 0) is 53.2 Å². The van der Waals surface area contributed by atoms with E-state index in [0.29, 0.717) is 6.54 Å². The molecule has 0 bridgehead atoms. The molecule has 0 aliphatic heterocycles. The van der Waals surface area contributed by atoms with Gasteiger partial charge in [-0.25, -0.2) is 17.9 Å². The number of aromatic nitrogens is 1. The molecule has 0 spiro atoms. The summed E-state index contributed by atoms with van der Waals surface area (Å²) in [6.45, 7) is 10.8. The highest BCUT2D eigenvalue weighted by Crippen LogP contribution is 2.23. The Morgan fingerprint density at radius 1 is 1.04 bits per heavy atom. The molecule has 1 heterocycles. The number of carbonyl (C=O) groups is 1. The van der Waals surface area contributed by atoms with Crippen LogP contribution in [0.25, 0.3) is 0 Å². The smallest absolute Gasteiger partial charge is 0.356 e. The van der Waals surface area contributed by atoms with Gasteiger partial charge in [-0.2, -0.15) is 0 Å². The Balaban J connectivity index is 2.53. The Labute approximate surface area is 161 Å². The van der Waals surface area contributed by atoms with Crippen LogP contribution >= 0.6 is 0 Å². The average molecular weight is 393 g/mol. The Hall–Kier alpha value is -2.12. The minimum absolute atomic E-state index is 0.0190. The molecular formula is C20H28N2O4S. The van der Waals surface area contributed by atoms with Gasteiger partial charge in [0.2, 0.25) is 10.0 Å². The predicted molar refractivity (Wildman–Crippen MR) is 105 cm³/mol. The highest BCUT2D eigenvalue weighted by molar-refractivity contribution is 7.89. The zero-order valence-corrected chi connectivity index (χ0v) is 17.6. The van der Waals surface area contributed by atoms with E-state index in [0.717, 1.165) is 5.56 Å². The van der Waals surface area contributed by atoms with Crippen molar-refractivity contribution in [1.29, 1.82) is 0 Å². The molecule has 0 fully saturated rings. The molecule has 0 aliphatic rings. The van der Waals surface area contributed by atoms with Gasteiger partial charge in [0.1, 0.15) is 16.2 Å². The van der Waals surface area contributed by atoms with Crippen LogP contribution < -0.4 is 4.72 Å². The summed E-state index contributed by atoms with van der Waals surface area (Å²) in [6, 6.07) is 11.0. The normalized spacial score (nSPS) is 12.8. The van der Waals surface area contributed by atoms with Crippen LogP contribution in [0.15, 0.2) is 47.5 Å². The van der Waals surface area contributed by atoms with Gasteiger partial charge in [-0.3, -0.25) is 0 Å². The van der Waals surface area contributed by atoms with Crippen molar-refractivity contribution < 1.29 is 17.9 Å². The number of rotatable bonds is 5. The van der Waals surface area contributed by atoms with E-state index in [9.17, 15) is 13.2 Å². The predicted octanol–water partition coefficient (Wildman–Crippen LogP) is 3.57. The van der Waals surface area contributed by atoms with Crippen LogP contribution in [-0.2, 0) is 21.3 Å². The van der Waals surface area contributed by atoms with Crippen LogP contribution in [0.4, 0.5) is 0 Å². The Morgan fingerprint density at radius 2 is 1.63 bits per heavy atom. The zero-order valence-electron chi connectivity index (χ0n) is 16.7. The maximum Gasteiger partial charge on any atom is 0.356 e. The lowest BCUT2D eigenvalue weighted by atomic mass is 10.1. The highest BCUT2D eigenvalue weighted by atomic mass is 32.2. The summed E-state index contributed by atoms with van der Waals surface area (Å²) in [6.07, 6.45) is 1.60. The molecule has 0 saturated carbocycles. The van der Waals surface area contributed by atoms with Crippen molar-refractivity contribution >= 4 is 16.0 Å². The third kappa shape index (κ3) is 5.94. The monoisotopic (exact) mass is 392 g/mol. The summed E-state index contributed by atoms with van der Waals surface area (Å²) in [5.41, 5.74) is -0.445. The molecule has 1 N–H and O–H groups in total. The van der Waals surface area contributed by atoms with Crippen molar-refractivity contribution in [3.05, 3.63) is 53.9 Å². The van der Waals surface area contributed by atoms with Crippen molar-refractivity contribution in [2.75, 3.05) is 0 Å². The first-order valence-electron chi connectivity index (χ1n) is 8.79. The van der Waals surface area contributed by atoms with Crippen LogP contribution in [0.3, 0.4) is 0 Å². The van der Waals surface area contributed by atoms with Gasteiger partial charge >= 0.3 is 5.97 Å². The summed E-state index contributed by atoms with van der Waals surface area (Å²) >= 11 is 0. The molecular weight excluding hydrogens is 364 g/mol. The van der Waals surface area contributed by atoms with Crippen molar-refractivity contribution in [3.8, 4) is 0 Å². The fourth-order valence-electron chi connectivity index (χ4n) is 2.58. The molecule has 27 heavy (non-hydrogen) atoms. The van der Waals surface area contributed by atoms with Crippen LogP contribution in [0.1, 0.15) is 57.6 Å². The van der Waals surface area contributed by atoms with Crippen molar-refractivity contribution in [1.82, 2.24) is 9.29 Å². The minimum atomic E-state index is -3.89. The first-order valence-corrected chi connectivity index (χ1v) is 10.3. The van der Waals surface area contributed by atoms with E-state index in [1.807, 2.05) is 30.3 Å². The Bertz CT molecular complexity index is 902. The summed E-state index contributed by atoms with van der Waals surface area (Å²) in [5, 5.41) is 0. The molecule has 2 aromatic rings. The van der Waals surface area contributed by atoms with Crippen LogP contribution in [0.5, 0.6) is 0 Å². The summed E-state index contributed by atoms with van der Waals surface area (Å²) in [7, 11) is -3.89. The van der Waals surface area contributed by atoms with Crippen molar-refractivity contribution in [2.24, 2.45) is 0 Å². The number of hydrogen-bond acceptors (Lipinski definition) is 4. The Kier molecular flexibility index (Phi) is 5.87. The number of carbonyl (C=O) groups excluding carboxylic acids is 1. The van der Waals surface area contributed by atoms with E-state index in [-0.39, 0.29) is 10.6 Å². The number of nitrogens with zero attached hydrogens (tertiary/aromatic N) is 1. The quantitative estimate of drug-likeness (QED) is 0.789. The van der Waals surface area contributed by atoms with Gasteiger partial charge in [0, 0.05) is 18.3 Å². The summed E-state index contributed by atoms with van der Waals surface area (Å²) < 4.78 is 35.4. The third-order valence-electron chi connectivity index (χ3n) is 3.44. The number of nitrogens with one attached hydrogen (secondary N) is 1. The second-order valence-corrected chi connectivity index (χ2v) is 10.2. The van der Waals surface area contributed by atoms with E-state index in [1.54, 1.807) is 52.3 Å². The molecule has 0 amide bonds. The molecule has 0 saturated heterocycles. The highest BCUT2D eigenvalue weighted by Gasteiger charge is 2.32. The standard InChI is InChI=1S/C20H28N2O4S/c1-19(2,3)21-27(24,25)16-12-13-22(14-15-10-8-7-9-11-15)17(16)18(23)26-20(4,5)6/h7-13,21H,14H2,1-6H3. The molecule has 0 unspecified atom stereocenters. The summed E-state index contributed by atoms with van der Waals surface area (Å²) in [5.74, 6) is -0.669. The lowest BCUT2D eigenvalue weighted by Gasteiger charge is -2.23. The largest absolute Gasteiger partial charge is 0.455 e. The maximum atomic E-state index is 12.9. The molecule has 0 atom stereocenters. The molecule has 2 rings (SSSR count). The molecule has 0 aliphatic carbocycles. The van der Waals surface area contributed by atoms with E-state index >= 15 is 0 Å². The molecule has 6 nitrogen and oxygen atoms in total. The second-order valence-electron chi connectivity index (χ2n) is 8.50.